The molecule has 23 heavy (non-hydrogen) atoms. The van der Waals surface area contributed by atoms with Gasteiger partial charge >= 0.3 is 0 Å². The first-order chi connectivity index (χ1) is 11.0. The number of hydrogen-bond donors (Lipinski definition) is 1. The van der Waals surface area contributed by atoms with E-state index in [4.69, 9.17) is 9.47 Å². The SMILES string of the molecule is COc1ccc(C(C)NC(=O)Cc2cccc(F)c2)cc1OC. The Morgan fingerprint density at radius 2 is 1.87 bits per heavy atom. The summed E-state index contributed by atoms with van der Waals surface area (Å²) in [6.45, 7) is 1.88. The van der Waals surface area contributed by atoms with Gasteiger partial charge in [0, 0.05) is 0 Å². The zero-order chi connectivity index (χ0) is 16.8. The van der Waals surface area contributed by atoms with Gasteiger partial charge in [-0.25, -0.2) is 4.39 Å². The molecule has 2 rings (SSSR count). The van der Waals surface area contributed by atoms with Crippen LogP contribution in [0.5, 0.6) is 11.5 Å². The minimum absolute atomic E-state index is 0.134. The van der Waals surface area contributed by atoms with Crippen LogP contribution in [0.3, 0.4) is 0 Å². The molecule has 0 fully saturated rings. The van der Waals surface area contributed by atoms with Gasteiger partial charge in [-0.15, -0.1) is 0 Å². The Morgan fingerprint density at radius 3 is 2.52 bits per heavy atom. The quantitative estimate of drug-likeness (QED) is 0.889. The van der Waals surface area contributed by atoms with Crippen molar-refractivity contribution in [3.05, 3.63) is 59.4 Å². The molecule has 0 aliphatic rings. The van der Waals surface area contributed by atoms with E-state index in [9.17, 15) is 9.18 Å². The monoisotopic (exact) mass is 317 g/mol. The summed E-state index contributed by atoms with van der Waals surface area (Å²) < 4.78 is 23.6. The second-order valence-electron chi connectivity index (χ2n) is 5.21. The van der Waals surface area contributed by atoms with E-state index in [1.165, 1.54) is 12.1 Å². The maximum absolute atomic E-state index is 13.1. The lowest BCUT2D eigenvalue weighted by molar-refractivity contribution is -0.121. The molecular formula is C18H20FNO3. The summed E-state index contributed by atoms with van der Waals surface area (Å²) in [6.07, 6.45) is 0.134. The molecule has 122 valence electrons. The molecule has 5 heteroatoms. The summed E-state index contributed by atoms with van der Waals surface area (Å²) >= 11 is 0. The summed E-state index contributed by atoms with van der Waals surface area (Å²) in [5.41, 5.74) is 1.54. The summed E-state index contributed by atoms with van der Waals surface area (Å²) in [5, 5.41) is 2.90. The van der Waals surface area contributed by atoms with Gasteiger partial charge in [0.05, 0.1) is 26.7 Å². The Labute approximate surface area is 135 Å². The lowest BCUT2D eigenvalue weighted by Crippen LogP contribution is -2.28. The fraction of sp³-hybridized carbons (Fsp3) is 0.278. The van der Waals surface area contributed by atoms with Gasteiger partial charge in [-0.2, -0.15) is 0 Å². The topological polar surface area (TPSA) is 47.6 Å². The third-order valence-electron chi connectivity index (χ3n) is 3.54. The molecule has 1 N–H and O–H groups in total. The summed E-state index contributed by atoms with van der Waals surface area (Å²) in [4.78, 5) is 12.1. The second-order valence-corrected chi connectivity index (χ2v) is 5.21. The van der Waals surface area contributed by atoms with Crippen molar-refractivity contribution in [3.8, 4) is 11.5 Å². The summed E-state index contributed by atoms with van der Waals surface area (Å²) in [6, 6.07) is 11.3. The number of ether oxygens (including phenoxy) is 2. The molecule has 0 aliphatic heterocycles. The third kappa shape index (κ3) is 4.45. The van der Waals surface area contributed by atoms with Crippen molar-refractivity contribution in [2.75, 3.05) is 14.2 Å². The highest BCUT2D eigenvalue weighted by Crippen LogP contribution is 2.29. The van der Waals surface area contributed by atoms with E-state index in [1.54, 1.807) is 32.4 Å². The van der Waals surface area contributed by atoms with Crippen molar-refractivity contribution >= 4 is 5.91 Å². The van der Waals surface area contributed by atoms with Gasteiger partial charge < -0.3 is 14.8 Å². The van der Waals surface area contributed by atoms with Crippen LogP contribution in [-0.2, 0) is 11.2 Å². The molecule has 1 unspecified atom stereocenters. The normalized spacial score (nSPS) is 11.7. The molecule has 2 aromatic rings. The molecule has 0 heterocycles. The number of carbonyl (C=O) groups excluding carboxylic acids is 1. The summed E-state index contributed by atoms with van der Waals surface area (Å²) in [5.74, 6) is 0.729. The highest BCUT2D eigenvalue weighted by Gasteiger charge is 2.13. The Bertz CT molecular complexity index is 688. The van der Waals surface area contributed by atoms with Crippen LogP contribution in [0.25, 0.3) is 0 Å². The first-order valence-corrected chi connectivity index (χ1v) is 7.29. The van der Waals surface area contributed by atoms with Gasteiger partial charge in [0.2, 0.25) is 5.91 Å². The average molecular weight is 317 g/mol. The number of carbonyl (C=O) groups is 1. The molecule has 1 amide bonds. The van der Waals surface area contributed by atoms with Crippen LogP contribution in [0.15, 0.2) is 42.5 Å². The predicted octanol–water partition coefficient (Wildman–Crippen LogP) is 3.26. The van der Waals surface area contributed by atoms with Crippen LogP contribution in [0, 0.1) is 5.82 Å². The zero-order valence-corrected chi connectivity index (χ0v) is 13.4. The van der Waals surface area contributed by atoms with E-state index in [0.717, 1.165) is 5.56 Å². The molecule has 0 radical (unpaired) electrons. The number of nitrogens with one attached hydrogen (secondary N) is 1. The van der Waals surface area contributed by atoms with Gasteiger partial charge in [0.25, 0.3) is 0 Å². The molecule has 0 spiro atoms. The Kier molecular flexibility index (Phi) is 5.57. The van der Waals surface area contributed by atoms with Crippen LogP contribution >= 0.6 is 0 Å². The molecule has 4 nitrogen and oxygen atoms in total. The smallest absolute Gasteiger partial charge is 0.224 e. The van der Waals surface area contributed by atoms with Crippen molar-refractivity contribution in [1.82, 2.24) is 5.32 Å². The third-order valence-corrected chi connectivity index (χ3v) is 3.54. The maximum Gasteiger partial charge on any atom is 0.224 e. The molecule has 0 aliphatic carbocycles. The zero-order valence-electron chi connectivity index (χ0n) is 13.4. The van der Waals surface area contributed by atoms with Crippen LogP contribution in [0.4, 0.5) is 4.39 Å². The second kappa shape index (κ2) is 7.63. The van der Waals surface area contributed by atoms with Crippen LogP contribution < -0.4 is 14.8 Å². The number of methoxy groups -OCH3 is 2. The van der Waals surface area contributed by atoms with E-state index in [1.807, 2.05) is 19.1 Å². The maximum atomic E-state index is 13.1. The molecule has 0 bridgehead atoms. The predicted molar refractivity (Wildman–Crippen MR) is 86.2 cm³/mol. The summed E-state index contributed by atoms with van der Waals surface area (Å²) in [7, 11) is 3.14. The van der Waals surface area contributed by atoms with E-state index in [0.29, 0.717) is 17.1 Å². The van der Waals surface area contributed by atoms with Crippen molar-refractivity contribution < 1.29 is 18.7 Å². The number of amides is 1. The molecule has 0 saturated carbocycles. The fourth-order valence-electron chi connectivity index (χ4n) is 2.33. The minimum atomic E-state index is -0.344. The molecule has 0 saturated heterocycles. The van der Waals surface area contributed by atoms with Gasteiger partial charge in [-0.1, -0.05) is 18.2 Å². The number of rotatable bonds is 6. The highest BCUT2D eigenvalue weighted by atomic mass is 19.1. The van der Waals surface area contributed by atoms with Gasteiger partial charge in [-0.05, 0) is 42.3 Å². The molecule has 2 aromatic carbocycles. The largest absolute Gasteiger partial charge is 0.493 e. The Hall–Kier alpha value is -2.56. The molecule has 0 aromatic heterocycles. The number of benzene rings is 2. The average Bonchev–Trinajstić information content (AvgIpc) is 2.53. The number of hydrogen-bond acceptors (Lipinski definition) is 3. The highest BCUT2D eigenvalue weighted by molar-refractivity contribution is 5.79. The van der Waals surface area contributed by atoms with E-state index in [2.05, 4.69) is 5.32 Å². The van der Waals surface area contributed by atoms with E-state index in [-0.39, 0.29) is 24.2 Å². The standard InChI is InChI=1S/C18H20FNO3/c1-12(14-7-8-16(22-2)17(11-14)23-3)20-18(21)10-13-5-4-6-15(19)9-13/h4-9,11-12H,10H2,1-3H3,(H,20,21). The van der Waals surface area contributed by atoms with Crippen molar-refractivity contribution in [2.45, 2.75) is 19.4 Å². The lowest BCUT2D eigenvalue weighted by Gasteiger charge is -2.16. The van der Waals surface area contributed by atoms with Crippen molar-refractivity contribution in [2.24, 2.45) is 0 Å². The minimum Gasteiger partial charge on any atom is -0.493 e. The first kappa shape index (κ1) is 16.8. The molecule has 1 atom stereocenters. The fourth-order valence-corrected chi connectivity index (χ4v) is 2.33. The Morgan fingerprint density at radius 1 is 1.13 bits per heavy atom. The van der Waals surface area contributed by atoms with E-state index < -0.39 is 0 Å². The van der Waals surface area contributed by atoms with Gasteiger partial charge in [0.15, 0.2) is 11.5 Å². The van der Waals surface area contributed by atoms with Gasteiger partial charge in [-0.3, -0.25) is 4.79 Å². The van der Waals surface area contributed by atoms with Crippen molar-refractivity contribution in [1.29, 1.82) is 0 Å². The van der Waals surface area contributed by atoms with Crippen molar-refractivity contribution in [3.63, 3.8) is 0 Å². The first-order valence-electron chi connectivity index (χ1n) is 7.29. The lowest BCUT2D eigenvalue weighted by atomic mass is 10.1. The number of halogens is 1. The van der Waals surface area contributed by atoms with Crippen LogP contribution in [0.2, 0.25) is 0 Å². The van der Waals surface area contributed by atoms with E-state index >= 15 is 0 Å². The van der Waals surface area contributed by atoms with Crippen LogP contribution in [-0.4, -0.2) is 20.1 Å². The molecular weight excluding hydrogens is 297 g/mol. The van der Waals surface area contributed by atoms with Crippen LogP contribution in [0.1, 0.15) is 24.1 Å². The van der Waals surface area contributed by atoms with Gasteiger partial charge in [0.1, 0.15) is 5.82 Å². The Balaban J connectivity index is 2.03.